The standard InChI is InChI=1S/C21H28N4O2/c1-21(2,3)16-8-6-7-9-17(16)24-19(26)15-10-11-22-18(14-15)20(27)23-12-13-25(4)5/h6-11,14H,12-13H2,1-5H3,(H,23,27)(H,24,26). The lowest BCUT2D eigenvalue weighted by Crippen LogP contribution is -2.32. The Hall–Kier alpha value is -2.73. The average Bonchev–Trinajstić information content (AvgIpc) is 2.61. The number of rotatable bonds is 6. The highest BCUT2D eigenvalue weighted by atomic mass is 16.2. The van der Waals surface area contributed by atoms with Crippen LogP contribution < -0.4 is 10.6 Å². The number of hydrogen-bond donors (Lipinski definition) is 2. The minimum atomic E-state index is -0.290. The van der Waals surface area contributed by atoms with Crippen LogP contribution in [0.2, 0.25) is 0 Å². The number of nitrogens with one attached hydrogen (secondary N) is 2. The molecule has 0 unspecified atom stereocenters. The van der Waals surface area contributed by atoms with Gasteiger partial charge in [-0.25, -0.2) is 0 Å². The van der Waals surface area contributed by atoms with E-state index in [1.54, 1.807) is 6.07 Å². The summed E-state index contributed by atoms with van der Waals surface area (Å²) < 4.78 is 0. The molecule has 2 aromatic rings. The minimum Gasteiger partial charge on any atom is -0.349 e. The highest BCUT2D eigenvalue weighted by Crippen LogP contribution is 2.29. The van der Waals surface area contributed by atoms with Crippen LogP contribution in [0.3, 0.4) is 0 Å². The Labute approximate surface area is 161 Å². The molecule has 6 heteroatoms. The van der Waals surface area contributed by atoms with Crippen LogP contribution >= 0.6 is 0 Å². The molecule has 0 fully saturated rings. The first kappa shape index (κ1) is 20.6. The van der Waals surface area contributed by atoms with Crippen molar-refractivity contribution >= 4 is 17.5 Å². The molecule has 0 spiro atoms. The quantitative estimate of drug-likeness (QED) is 0.822. The lowest BCUT2D eigenvalue weighted by Gasteiger charge is -2.23. The number of para-hydroxylation sites is 1. The first-order valence-electron chi connectivity index (χ1n) is 8.98. The van der Waals surface area contributed by atoms with Crippen molar-refractivity contribution in [3.63, 3.8) is 0 Å². The Morgan fingerprint density at radius 2 is 1.78 bits per heavy atom. The number of benzene rings is 1. The summed E-state index contributed by atoms with van der Waals surface area (Å²) in [7, 11) is 3.87. The SMILES string of the molecule is CN(C)CCNC(=O)c1cc(C(=O)Nc2ccccc2C(C)(C)C)ccn1. The summed E-state index contributed by atoms with van der Waals surface area (Å²) in [6.07, 6.45) is 1.48. The third kappa shape index (κ3) is 5.89. The first-order chi connectivity index (χ1) is 12.7. The van der Waals surface area contributed by atoms with Crippen molar-refractivity contribution in [1.82, 2.24) is 15.2 Å². The molecule has 0 aliphatic carbocycles. The number of hydrogen-bond acceptors (Lipinski definition) is 4. The largest absolute Gasteiger partial charge is 0.349 e. The molecule has 144 valence electrons. The van der Waals surface area contributed by atoms with Crippen molar-refractivity contribution < 1.29 is 9.59 Å². The van der Waals surface area contributed by atoms with Crippen LogP contribution in [0.5, 0.6) is 0 Å². The van der Waals surface area contributed by atoms with E-state index in [0.717, 1.165) is 17.8 Å². The summed E-state index contributed by atoms with van der Waals surface area (Å²) in [5.74, 6) is -0.557. The summed E-state index contributed by atoms with van der Waals surface area (Å²) in [6, 6.07) is 10.9. The van der Waals surface area contributed by atoms with Gasteiger partial charge in [0.15, 0.2) is 0 Å². The molecule has 0 aliphatic heterocycles. The van der Waals surface area contributed by atoms with Gasteiger partial charge in [0.1, 0.15) is 5.69 Å². The van der Waals surface area contributed by atoms with Gasteiger partial charge in [-0.15, -0.1) is 0 Å². The second-order valence-electron chi connectivity index (χ2n) is 7.74. The lowest BCUT2D eigenvalue weighted by atomic mass is 9.86. The molecule has 0 radical (unpaired) electrons. The fourth-order valence-corrected chi connectivity index (χ4v) is 2.62. The number of nitrogens with zero attached hydrogens (tertiary/aromatic N) is 2. The third-order valence-electron chi connectivity index (χ3n) is 4.08. The topological polar surface area (TPSA) is 74.3 Å². The predicted octanol–water partition coefficient (Wildman–Crippen LogP) is 2.92. The number of carbonyl (C=O) groups is 2. The number of amides is 2. The third-order valence-corrected chi connectivity index (χ3v) is 4.08. The first-order valence-corrected chi connectivity index (χ1v) is 8.98. The second-order valence-corrected chi connectivity index (χ2v) is 7.74. The molecular formula is C21H28N4O2. The zero-order chi connectivity index (χ0) is 20.0. The van der Waals surface area contributed by atoms with Gasteiger partial charge in [-0.05, 0) is 43.3 Å². The monoisotopic (exact) mass is 368 g/mol. The molecule has 2 rings (SSSR count). The van der Waals surface area contributed by atoms with Crippen LogP contribution in [-0.2, 0) is 5.41 Å². The number of likely N-dealkylation sites (N-methyl/N-ethyl adjacent to an activating group) is 1. The van der Waals surface area contributed by atoms with Crippen molar-refractivity contribution in [3.05, 3.63) is 59.4 Å². The minimum absolute atomic E-state index is 0.0976. The molecule has 1 aromatic heterocycles. The molecule has 1 heterocycles. The van der Waals surface area contributed by atoms with Crippen molar-refractivity contribution in [2.45, 2.75) is 26.2 Å². The van der Waals surface area contributed by atoms with E-state index in [0.29, 0.717) is 12.1 Å². The van der Waals surface area contributed by atoms with Gasteiger partial charge in [-0.1, -0.05) is 39.0 Å². The molecule has 27 heavy (non-hydrogen) atoms. The fourth-order valence-electron chi connectivity index (χ4n) is 2.62. The maximum atomic E-state index is 12.7. The van der Waals surface area contributed by atoms with E-state index >= 15 is 0 Å². The van der Waals surface area contributed by atoms with E-state index in [2.05, 4.69) is 36.4 Å². The molecule has 2 N–H and O–H groups in total. The molecule has 0 saturated heterocycles. The highest BCUT2D eigenvalue weighted by Gasteiger charge is 2.19. The normalized spacial score (nSPS) is 11.3. The van der Waals surface area contributed by atoms with Crippen LogP contribution in [0.25, 0.3) is 0 Å². The van der Waals surface area contributed by atoms with E-state index in [1.165, 1.54) is 12.3 Å². The van der Waals surface area contributed by atoms with Crippen LogP contribution in [0.4, 0.5) is 5.69 Å². The van der Waals surface area contributed by atoms with Crippen molar-refractivity contribution in [2.75, 3.05) is 32.5 Å². The molecule has 0 bridgehead atoms. The Balaban J connectivity index is 2.13. The number of carbonyl (C=O) groups excluding carboxylic acids is 2. The van der Waals surface area contributed by atoms with E-state index < -0.39 is 0 Å². The fraction of sp³-hybridized carbons (Fsp3) is 0.381. The van der Waals surface area contributed by atoms with Gasteiger partial charge >= 0.3 is 0 Å². The Bertz CT molecular complexity index is 810. The summed E-state index contributed by atoms with van der Waals surface area (Å²) >= 11 is 0. The Kier molecular flexibility index (Phi) is 6.69. The smallest absolute Gasteiger partial charge is 0.269 e. The molecular weight excluding hydrogens is 340 g/mol. The number of anilines is 1. The summed E-state index contributed by atoms with van der Waals surface area (Å²) in [5.41, 5.74) is 2.34. The molecule has 0 saturated carbocycles. The van der Waals surface area contributed by atoms with Gasteiger partial charge in [0, 0.05) is 30.5 Å². The van der Waals surface area contributed by atoms with Crippen LogP contribution in [0, 0.1) is 0 Å². The van der Waals surface area contributed by atoms with Gasteiger partial charge in [-0.2, -0.15) is 0 Å². The van der Waals surface area contributed by atoms with Crippen molar-refractivity contribution in [2.24, 2.45) is 0 Å². The molecule has 2 amide bonds. The molecule has 0 atom stereocenters. The van der Waals surface area contributed by atoms with E-state index in [1.807, 2.05) is 43.3 Å². The zero-order valence-corrected chi connectivity index (χ0v) is 16.7. The van der Waals surface area contributed by atoms with Crippen molar-refractivity contribution in [3.8, 4) is 0 Å². The number of pyridine rings is 1. The number of aromatic nitrogens is 1. The Morgan fingerprint density at radius 3 is 2.44 bits per heavy atom. The summed E-state index contributed by atoms with van der Waals surface area (Å²) in [4.78, 5) is 31.0. The average molecular weight is 368 g/mol. The van der Waals surface area contributed by atoms with Gasteiger partial charge in [0.25, 0.3) is 11.8 Å². The van der Waals surface area contributed by atoms with Crippen molar-refractivity contribution in [1.29, 1.82) is 0 Å². The summed E-state index contributed by atoms with van der Waals surface area (Å²) in [5, 5.41) is 5.75. The molecule has 0 aliphatic rings. The second kappa shape index (κ2) is 8.77. The van der Waals surface area contributed by atoms with Gasteiger partial charge in [-0.3, -0.25) is 14.6 Å². The maximum absolute atomic E-state index is 12.7. The predicted molar refractivity (Wildman–Crippen MR) is 108 cm³/mol. The van der Waals surface area contributed by atoms with Crippen LogP contribution in [0.15, 0.2) is 42.6 Å². The van der Waals surface area contributed by atoms with Crippen LogP contribution in [-0.4, -0.2) is 48.9 Å². The van der Waals surface area contributed by atoms with E-state index in [9.17, 15) is 9.59 Å². The maximum Gasteiger partial charge on any atom is 0.269 e. The van der Waals surface area contributed by atoms with E-state index in [4.69, 9.17) is 0 Å². The molecule has 6 nitrogen and oxygen atoms in total. The Morgan fingerprint density at radius 1 is 1.07 bits per heavy atom. The van der Waals surface area contributed by atoms with E-state index in [-0.39, 0.29) is 22.9 Å². The van der Waals surface area contributed by atoms with Gasteiger partial charge in [0.2, 0.25) is 0 Å². The van der Waals surface area contributed by atoms with Crippen LogP contribution in [0.1, 0.15) is 47.2 Å². The van der Waals surface area contributed by atoms with Gasteiger partial charge in [0.05, 0.1) is 0 Å². The lowest BCUT2D eigenvalue weighted by molar-refractivity contribution is 0.0946. The summed E-state index contributed by atoms with van der Waals surface area (Å²) in [6.45, 7) is 7.54. The zero-order valence-electron chi connectivity index (χ0n) is 16.7. The highest BCUT2D eigenvalue weighted by molar-refractivity contribution is 6.06. The van der Waals surface area contributed by atoms with Gasteiger partial charge < -0.3 is 15.5 Å². The molecule has 1 aromatic carbocycles.